The number of aromatic nitrogens is 1. The molecule has 0 aliphatic carbocycles. The van der Waals surface area contributed by atoms with E-state index in [2.05, 4.69) is 25.8 Å². The van der Waals surface area contributed by atoms with Crippen molar-refractivity contribution in [1.82, 2.24) is 4.98 Å². The van der Waals surface area contributed by atoms with Gasteiger partial charge in [-0.05, 0) is 39.2 Å². The highest BCUT2D eigenvalue weighted by molar-refractivity contribution is 7.13. The second-order valence-electron chi connectivity index (χ2n) is 5.64. The van der Waals surface area contributed by atoms with Gasteiger partial charge in [0.15, 0.2) is 0 Å². The Kier molecular flexibility index (Phi) is 5.86. The van der Waals surface area contributed by atoms with Crippen LogP contribution in [-0.4, -0.2) is 15.8 Å². The van der Waals surface area contributed by atoms with Crippen LogP contribution in [0.25, 0.3) is 10.6 Å². The molecule has 0 bridgehead atoms. The molecule has 0 aliphatic heterocycles. The SMILES string of the molecule is CCCCC(C)=Nc1c(C(C)O)ccc(-c2nccs2)c1C. The van der Waals surface area contributed by atoms with Crippen molar-refractivity contribution in [1.29, 1.82) is 0 Å². The van der Waals surface area contributed by atoms with Crippen LogP contribution in [0.5, 0.6) is 0 Å². The summed E-state index contributed by atoms with van der Waals surface area (Å²) >= 11 is 1.62. The highest BCUT2D eigenvalue weighted by atomic mass is 32.1. The lowest BCUT2D eigenvalue weighted by Crippen LogP contribution is -1.98. The lowest BCUT2D eigenvalue weighted by Gasteiger charge is -2.15. The molecular formula is C18H24N2OS. The first-order chi connectivity index (χ1) is 10.5. The van der Waals surface area contributed by atoms with E-state index in [1.165, 1.54) is 0 Å². The Hall–Kier alpha value is -1.52. The molecule has 1 aromatic carbocycles. The van der Waals surface area contributed by atoms with Gasteiger partial charge in [0.2, 0.25) is 0 Å². The van der Waals surface area contributed by atoms with E-state index in [0.717, 1.165) is 52.4 Å². The summed E-state index contributed by atoms with van der Waals surface area (Å²) in [5, 5.41) is 13.0. The minimum absolute atomic E-state index is 0.526. The van der Waals surface area contributed by atoms with Crippen LogP contribution in [0, 0.1) is 6.92 Å². The van der Waals surface area contributed by atoms with Gasteiger partial charge >= 0.3 is 0 Å². The van der Waals surface area contributed by atoms with Crippen LogP contribution in [0.2, 0.25) is 0 Å². The van der Waals surface area contributed by atoms with Crippen molar-refractivity contribution in [2.24, 2.45) is 4.99 Å². The van der Waals surface area contributed by atoms with E-state index in [9.17, 15) is 5.11 Å². The van der Waals surface area contributed by atoms with E-state index >= 15 is 0 Å². The van der Waals surface area contributed by atoms with Crippen LogP contribution in [0.4, 0.5) is 5.69 Å². The van der Waals surface area contributed by atoms with Gasteiger partial charge in [0.05, 0.1) is 11.8 Å². The molecule has 22 heavy (non-hydrogen) atoms. The minimum Gasteiger partial charge on any atom is -0.389 e. The number of hydrogen-bond donors (Lipinski definition) is 1. The molecule has 0 amide bonds. The van der Waals surface area contributed by atoms with Gasteiger partial charge in [0.1, 0.15) is 5.01 Å². The highest BCUT2D eigenvalue weighted by Gasteiger charge is 2.15. The lowest BCUT2D eigenvalue weighted by molar-refractivity contribution is 0.200. The summed E-state index contributed by atoms with van der Waals surface area (Å²) in [4.78, 5) is 9.22. The monoisotopic (exact) mass is 316 g/mol. The molecule has 2 rings (SSSR count). The fourth-order valence-corrected chi connectivity index (χ4v) is 3.19. The number of hydrogen-bond acceptors (Lipinski definition) is 4. The van der Waals surface area contributed by atoms with Crippen molar-refractivity contribution in [3.8, 4) is 10.6 Å². The maximum atomic E-state index is 10.1. The van der Waals surface area contributed by atoms with Crippen molar-refractivity contribution in [2.45, 2.75) is 53.1 Å². The van der Waals surface area contributed by atoms with Gasteiger partial charge in [0, 0.05) is 28.4 Å². The Morgan fingerprint density at radius 1 is 1.41 bits per heavy atom. The van der Waals surface area contributed by atoms with Gasteiger partial charge in [-0.2, -0.15) is 0 Å². The largest absolute Gasteiger partial charge is 0.389 e. The molecule has 0 spiro atoms. The van der Waals surface area contributed by atoms with Gasteiger partial charge in [-0.3, -0.25) is 4.99 Å². The van der Waals surface area contributed by atoms with Crippen LogP contribution in [0.3, 0.4) is 0 Å². The molecule has 0 saturated carbocycles. The molecule has 3 nitrogen and oxygen atoms in total. The topological polar surface area (TPSA) is 45.5 Å². The number of aliphatic imine (C=N–C) groups is 1. The molecule has 1 unspecified atom stereocenters. The average molecular weight is 316 g/mol. The molecule has 1 N–H and O–H groups in total. The minimum atomic E-state index is -0.526. The van der Waals surface area contributed by atoms with Crippen LogP contribution < -0.4 is 0 Å². The highest BCUT2D eigenvalue weighted by Crippen LogP contribution is 2.37. The smallest absolute Gasteiger partial charge is 0.123 e. The molecule has 0 saturated heterocycles. The molecule has 1 heterocycles. The molecule has 1 atom stereocenters. The number of nitrogens with zero attached hydrogens (tertiary/aromatic N) is 2. The zero-order chi connectivity index (χ0) is 16.1. The summed E-state index contributed by atoms with van der Waals surface area (Å²) in [6.07, 6.45) is 4.59. The van der Waals surface area contributed by atoms with Crippen LogP contribution >= 0.6 is 11.3 Å². The van der Waals surface area contributed by atoms with Crippen LogP contribution in [0.15, 0.2) is 28.7 Å². The lowest BCUT2D eigenvalue weighted by atomic mass is 9.99. The summed E-state index contributed by atoms with van der Waals surface area (Å²) < 4.78 is 0. The second kappa shape index (κ2) is 7.65. The van der Waals surface area contributed by atoms with Crippen molar-refractivity contribution in [2.75, 3.05) is 0 Å². The zero-order valence-corrected chi connectivity index (χ0v) is 14.6. The van der Waals surface area contributed by atoms with Crippen molar-refractivity contribution in [3.63, 3.8) is 0 Å². The summed E-state index contributed by atoms with van der Waals surface area (Å²) in [5.41, 5.74) is 5.08. The van der Waals surface area contributed by atoms with Gasteiger partial charge < -0.3 is 5.11 Å². The fourth-order valence-electron chi connectivity index (χ4n) is 2.47. The molecule has 0 aliphatic rings. The number of rotatable bonds is 6. The second-order valence-corrected chi connectivity index (χ2v) is 6.53. The van der Waals surface area contributed by atoms with Crippen LogP contribution in [-0.2, 0) is 0 Å². The Morgan fingerprint density at radius 2 is 2.18 bits per heavy atom. The van der Waals surface area contributed by atoms with E-state index in [-0.39, 0.29) is 0 Å². The third-order valence-corrected chi connectivity index (χ3v) is 4.58. The number of aliphatic hydroxyl groups excluding tert-OH is 1. The fraction of sp³-hybridized carbons (Fsp3) is 0.444. The van der Waals surface area contributed by atoms with Crippen molar-refractivity contribution < 1.29 is 5.11 Å². The summed E-state index contributed by atoms with van der Waals surface area (Å²) in [6, 6.07) is 4.01. The van der Waals surface area contributed by atoms with Gasteiger partial charge in [0.25, 0.3) is 0 Å². The quantitative estimate of drug-likeness (QED) is 0.720. The summed E-state index contributed by atoms with van der Waals surface area (Å²) in [6.45, 7) is 8.10. The first-order valence-electron chi connectivity index (χ1n) is 7.80. The molecule has 2 aromatic rings. The van der Waals surface area contributed by atoms with Gasteiger partial charge in [-0.25, -0.2) is 4.98 Å². The Morgan fingerprint density at radius 3 is 2.77 bits per heavy atom. The molecule has 0 fully saturated rings. The third kappa shape index (κ3) is 3.81. The molecular weight excluding hydrogens is 292 g/mol. The number of aliphatic hydroxyl groups is 1. The number of unbranched alkanes of at least 4 members (excludes halogenated alkanes) is 1. The molecule has 0 radical (unpaired) electrons. The van der Waals surface area contributed by atoms with E-state index < -0.39 is 6.10 Å². The van der Waals surface area contributed by atoms with Gasteiger partial charge in [-0.1, -0.05) is 25.5 Å². The van der Waals surface area contributed by atoms with E-state index in [1.54, 1.807) is 18.3 Å². The predicted molar refractivity (Wildman–Crippen MR) is 95.2 cm³/mol. The standard InChI is InChI=1S/C18H24N2OS/c1-5-6-7-12(2)20-17-13(3)15(18-19-10-11-22-18)8-9-16(17)14(4)21/h8-11,14,21H,5-7H2,1-4H3. The van der Waals surface area contributed by atoms with Crippen molar-refractivity contribution in [3.05, 3.63) is 34.8 Å². The first kappa shape index (κ1) is 16.8. The summed E-state index contributed by atoms with van der Waals surface area (Å²) in [7, 11) is 0. The molecule has 4 heteroatoms. The molecule has 1 aromatic heterocycles. The maximum absolute atomic E-state index is 10.1. The van der Waals surface area contributed by atoms with Crippen LogP contribution in [0.1, 0.15) is 57.3 Å². The molecule has 118 valence electrons. The average Bonchev–Trinajstić information content (AvgIpc) is 3.00. The first-order valence-corrected chi connectivity index (χ1v) is 8.68. The van der Waals surface area contributed by atoms with E-state index in [4.69, 9.17) is 4.99 Å². The summed E-state index contributed by atoms with van der Waals surface area (Å²) in [5.74, 6) is 0. The predicted octanol–water partition coefficient (Wildman–Crippen LogP) is 5.45. The maximum Gasteiger partial charge on any atom is 0.123 e. The van der Waals surface area contributed by atoms with Crippen molar-refractivity contribution >= 4 is 22.7 Å². The van der Waals surface area contributed by atoms with E-state index in [0.29, 0.717) is 0 Å². The Balaban J connectivity index is 2.50. The Labute approximate surface area is 136 Å². The van der Waals surface area contributed by atoms with Gasteiger partial charge in [-0.15, -0.1) is 11.3 Å². The Bertz CT molecular complexity index is 645. The normalized spacial score (nSPS) is 13.4. The third-order valence-electron chi connectivity index (χ3n) is 3.77. The zero-order valence-electron chi connectivity index (χ0n) is 13.8. The number of benzene rings is 1. The van der Waals surface area contributed by atoms with E-state index in [1.807, 2.05) is 23.7 Å². The number of thiazole rings is 1.